The van der Waals surface area contributed by atoms with E-state index in [1.807, 2.05) is 38.1 Å². The predicted molar refractivity (Wildman–Crippen MR) is 71.9 cm³/mol. The van der Waals surface area contributed by atoms with E-state index in [1.54, 1.807) is 0 Å². The summed E-state index contributed by atoms with van der Waals surface area (Å²) in [4.78, 5) is 11.5. The molecule has 0 fully saturated rings. The molecule has 96 valence electrons. The summed E-state index contributed by atoms with van der Waals surface area (Å²) in [5.41, 5.74) is 1.91. The smallest absolute Gasteiger partial charge is 0.220 e. The molecule has 0 aliphatic carbocycles. The molecule has 1 aromatic rings. The largest absolute Gasteiger partial charge is 0.384 e. The minimum atomic E-state index is -0.134. The van der Waals surface area contributed by atoms with Crippen molar-refractivity contribution in [1.29, 1.82) is 0 Å². The Hall–Kier alpha value is -1.79. The van der Waals surface area contributed by atoms with E-state index in [0.717, 1.165) is 17.5 Å². The summed E-state index contributed by atoms with van der Waals surface area (Å²) in [6, 6.07) is 7.67. The van der Waals surface area contributed by atoms with Crippen molar-refractivity contribution in [3.63, 3.8) is 0 Å². The summed E-state index contributed by atoms with van der Waals surface area (Å²) >= 11 is 0. The van der Waals surface area contributed by atoms with E-state index in [1.165, 1.54) is 0 Å². The fourth-order valence-corrected chi connectivity index (χ4v) is 1.62. The van der Waals surface area contributed by atoms with Gasteiger partial charge in [0.1, 0.15) is 6.61 Å². The van der Waals surface area contributed by atoms with Gasteiger partial charge in [0.05, 0.1) is 6.04 Å². The molecule has 1 aromatic carbocycles. The zero-order valence-corrected chi connectivity index (χ0v) is 10.9. The first-order valence-electron chi connectivity index (χ1n) is 6.16. The molecule has 0 bridgehead atoms. The second kappa shape index (κ2) is 7.52. The fraction of sp³-hybridized carbons (Fsp3) is 0.400. The van der Waals surface area contributed by atoms with Gasteiger partial charge in [-0.2, -0.15) is 0 Å². The first-order valence-corrected chi connectivity index (χ1v) is 6.16. The van der Waals surface area contributed by atoms with Crippen LogP contribution in [0.3, 0.4) is 0 Å². The molecule has 18 heavy (non-hydrogen) atoms. The number of benzene rings is 1. The third-order valence-electron chi connectivity index (χ3n) is 2.58. The van der Waals surface area contributed by atoms with Crippen LogP contribution in [0.25, 0.3) is 0 Å². The van der Waals surface area contributed by atoms with Crippen LogP contribution in [-0.2, 0) is 4.79 Å². The highest BCUT2D eigenvalue weighted by Crippen LogP contribution is 2.13. The maximum Gasteiger partial charge on any atom is 0.220 e. The highest BCUT2D eigenvalue weighted by Gasteiger charge is 2.08. The van der Waals surface area contributed by atoms with Crippen LogP contribution in [0.15, 0.2) is 24.3 Å². The van der Waals surface area contributed by atoms with Crippen molar-refractivity contribution >= 4 is 5.91 Å². The average Bonchev–Trinajstić information content (AvgIpc) is 2.37. The monoisotopic (exact) mass is 245 g/mol. The zero-order chi connectivity index (χ0) is 13.4. The molecule has 0 radical (unpaired) electrons. The quantitative estimate of drug-likeness (QED) is 0.797. The first-order chi connectivity index (χ1) is 8.67. The zero-order valence-electron chi connectivity index (χ0n) is 10.9. The Morgan fingerprint density at radius 3 is 2.61 bits per heavy atom. The van der Waals surface area contributed by atoms with Crippen LogP contribution >= 0.6 is 0 Å². The standard InChI is InChI=1S/C15H19NO2/c1-3-5-15(18)16-12(2)14-9-7-13(8-10-14)6-4-11-17/h7-10,12,17H,3,5,11H2,1-2H3,(H,16,18). The number of hydrogen-bond donors (Lipinski definition) is 2. The maximum atomic E-state index is 11.5. The lowest BCUT2D eigenvalue weighted by Crippen LogP contribution is -2.26. The van der Waals surface area contributed by atoms with Gasteiger partial charge in [0.2, 0.25) is 5.91 Å². The van der Waals surface area contributed by atoms with Crippen LogP contribution in [0, 0.1) is 11.8 Å². The lowest BCUT2D eigenvalue weighted by molar-refractivity contribution is -0.121. The molecular formula is C15H19NO2. The van der Waals surface area contributed by atoms with Crippen LogP contribution in [0.5, 0.6) is 0 Å². The molecule has 0 heterocycles. The number of hydrogen-bond acceptors (Lipinski definition) is 2. The molecular weight excluding hydrogens is 226 g/mol. The van der Waals surface area contributed by atoms with E-state index in [4.69, 9.17) is 5.11 Å². The Morgan fingerprint density at radius 2 is 2.06 bits per heavy atom. The van der Waals surface area contributed by atoms with Crippen molar-refractivity contribution in [2.75, 3.05) is 6.61 Å². The first kappa shape index (κ1) is 14.3. The molecule has 1 rings (SSSR count). The molecule has 3 nitrogen and oxygen atoms in total. The minimum absolute atomic E-state index is 0.00361. The summed E-state index contributed by atoms with van der Waals surface area (Å²) in [6.45, 7) is 3.81. The molecule has 0 aliphatic rings. The van der Waals surface area contributed by atoms with E-state index in [-0.39, 0.29) is 18.6 Å². The lowest BCUT2D eigenvalue weighted by Gasteiger charge is -2.14. The summed E-state index contributed by atoms with van der Waals surface area (Å²) in [7, 11) is 0. The van der Waals surface area contributed by atoms with Crippen LogP contribution in [0.1, 0.15) is 43.9 Å². The van der Waals surface area contributed by atoms with Crippen molar-refractivity contribution in [3.05, 3.63) is 35.4 Å². The van der Waals surface area contributed by atoms with Crippen LogP contribution in [-0.4, -0.2) is 17.6 Å². The Bertz CT molecular complexity index is 440. The Balaban J connectivity index is 2.64. The normalized spacial score (nSPS) is 11.3. The van der Waals surface area contributed by atoms with Crippen molar-refractivity contribution in [2.45, 2.75) is 32.7 Å². The minimum Gasteiger partial charge on any atom is -0.384 e. The van der Waals surface area contributed by atoms with Crippen molar-refractivity contribution < 1.29 is 9.90 Å². The second-order valence-corrected chi connectivity index (χ2v) is 4.12. The number of carbonyl (C=O) groups excluding carboxylic acids is 1. The predicted octanol–water partition coefficient (Wildman–Crippen LogP) is 2.01. The number of aliphatic hydroxyl groups is 1. The molecule has 1 atom stereocenters. The van der Waals surface area contributed by atoms with Gasteiger partial charge in [0, 0.05) is 12.0 Å². The van der Waals surface area contributed by atoms with Gasteiger partial charge in [0.25, 0.3) is 0 Å². The van der Waals surface area contributed by atoms with Gasteiger partial charge in [-0.1, -0.05) is 30.9 Å². The Kier molecular flexibility index (Phi) is 5.96. The van der Waals surface area contributed by atoms with Gasteiger partial charge in [-0.15, -0.1) is 0 Å². The lowest BCUT2D eigenvalue weighted by atomic mass is 10.1. The molecule has 0 saturated carbocycles. The number of rotatable bonds is 4. The van der Waals surface area contributed by atoms with Crippen LogP contribution in [0.2, 0.25) is 0 Å². The van der Waals surface area contributed by atoms with E-state index in [9.17, 15) is 4.79 Å². The molecule has 1 unspecified atom stereocenters. The highest BCUT2D eigenvalue weighted by atomic mass is 16.2. The summed E-state index contributed by atoms with van der Waals surface area (Å²) in [6.07, 6.45) is 1.42. The topological polar surface area (TPSA) is 49.3 Å². The molecule has 3 heteroatoms. The molecule has 0 saturated heterocycles. The van der Waals surface area contributed by atoms with Gasteiger partial charge in [-0.3, -0.25) is 4.79 Å². The van der Waals surface area contributed by atoms with Gasteiger partial charge < -0.3 is 10.4 Å². The van der Waals surface area contributed by atoms with Crippen LogP contribution in [0.4, 0.5) is 0 Å². The highest BCUT2D eigenvalue weighted by molar-refractivity contribution is 5.76. The van der Waals surface area contributed by atoms with E-state index >= 15 is 0 Å². The van der Waals surface area contributed by atoms with E-state index < -0.39 is 0 Å². The molecule has 0 aliphatic heterocycles. The SMILES string of the molecule is CCCC(=O)NC(C)c1ccc(C#CCO)cc1. The van der Waals surface area contributed by atoms with E-state index in [0.29, 0.717) is 6.42 Å². The Labute approximate surface area is 108 Å². The summed E-state index contributed by atoms with van der Waals surface area (Å²) in [5.74, 6) is 5.51. The number of aliphatic hydroxyl groups excluding tert-OH is 1. The third kappa shape index (κ3) is 4.60. The Morgan fingerprint density at radius 1 is 1.39 bits per heavy atom. The van der Waals surface area contributed by atoms with Gasteiger partial charge in [0.15, 0.2) is 0 Å². The van der Waals surface area contributed by atoms with Gasteiger partial charge >= 0.3 is 0 Å². The van der Waals surface area contributed by atoms with E-state index in [2.05, 4.69) is 17.2 Å². The second-order valence-electron chi connectivity index (χ2n) is 4.12. The van der Waals surface area contributed by atoms with Crippen molar-refractivity contribution in [1.82, 2.24) is 5.32 Å². The third-order valence-corrected chi connectivity index (χ3v) is 2.58. The number of nitrogens with one attached hydrogen (secondary N) is 1. The maximum absolute atomic E-state index is 11.5. The molecule has 0 spiro atoms. The molecule has 0 aromatic heterocycles. The van der Waals surface area contributed by atoms with Gasteiger partial charge in [-0.05, 0) is 31.0 Å². The summed E-state index contributed by atoms with van der Waals surface area (Å²) in [5, 5.41) is 11.5. The fourth-order valence-electron chi connectivity index (χ4n) is 1.62. The van der Waals surface area contributed by atoms with Gasteiger partial charge in [-0.25, -0.2) is 0 Å². The van der Waals surface area contributed by atoms with Crippen LogP contribution < -0.4 is 5.32 Å². The average molecular weight is 245 g/mol. The molecule has 1 amide bonds. The van der Waals surface area contributed by atoms with Crippen molar-refractivity contribution in [2.24, 2.45) is 0 Å². The summed E-state index contributed by atoms with van der Waals surface area (Å²) < 4.78 is 0. The van der Waals surface area contributed by atoms with Crippen molar-refractivity contribution in [3.8, 4) is 11.8 Å². The number of carbonyl (C=O) groups is 1. The molecule has 2 N–H and O–H groups in total. The number of amides is 1.